The molecular formula is C14H19BrO2S. The van der Waals surface area contributed by atoms with Crippen LogP contribution in [0.15, 0.2) is 16.6 Å². The van der Waals surface area contributed by atoms with Crippen LogP contribution in [-0.2, 0) is 10.8 Å². The third kappa shape index (κ3) is 3.58. The lowest BCUT2D eigenvalue weighted by molar-refractivity contribution is 0.251. The predicted molar refractivity (Wildman–Crippen MR) is 79.7 cm³/mol. The van der Waals surface area contributed by atoms with Crippen molar-refractivity contribution in [3.05, 3.63) is 27.7 Å². The minimum absolute atomic E-state index is 0.448. The first kappa shape index (κ1) is 14.1. The number of benzene rings is 1. The van der Waals surface area contributed by atoms with Crippen molar-refractivity contribution < 1.29 is 8.95 Å². The molecule has 1 aliphatic heterocycles. The molecule has 2 nitrogen and oxygen atoms in total. The molecule has 1 heterocycles. The van der Waals surface area contributed by atoms with E-state index >= 15 is 0 Å². The third-order valence-electron chi connectivity index (χ3n) is 3.30. The van der Waals surface area contributed by atoms with E-state index in [9.17, 15) is 4.21 Å². The average molecular weight is 331 g/mol. The highest BCUT2D eigenvalue weighted by Crippen LogP contribution is 2.27. The van der Waals surface area contributed by atoms with Gasteiger partial charge in [-0.3, -0.25) is 4.21 Å². The first-order valence-corrected chi connectivity index (χ1v) is 8.59. The molecule has 4 heteroatoms. The first-order valence-electron chi connectivity index (χ1n) is 6.31. The van der Waals surface area contributed by atoms with Gasteiger partial charge in [-0.2, -0.15) is 0 Å². The van der Waals surface area contributed by atoms with Crippen molar-refractivity contribution in [1.82, 2.24) is 0 Å². The molecule has 0 radical (unpaired) electrons. The van der Waals surface area contributed by atoms with Gasteiger partial charge in [0, 0.05) is 32.7 Å². The Bertz CT molecular complexity index is 436. The maximum absolute atomic E-state index is 11.5. The summed E-state index contributed by atoms with van der Waals surface area (Å²) in [5.74, 6) is 3.04. The number of hydrogen-bond acceptors (Lipinski definition) is 2. The maximum atomic E-state index is 11.5. The van der Waals surface area contributed by atoms with Gasteiger partial charge in [0.25, 0.3) is 0 Å². The van der Waals surface area contributed by atoms with E-state index in [0.29, 0.717) is 12.5 Å². The highest BCUT2D eigenvalue weighted by molar-refractivity contribution is 9.10. The van der Waals surface area contributed by atoms with Crippen LogP contribution < -0.4 is 4.74 Å². The number of hydrogen-bond donors (Lipinski definition) is 0. The Morgan fingerprint density at radius 1 is 1.39 bits per heavy atom. The third-order valence-corrected chi connectivity index (χ3v) is 6.14. The minimum Gasteiger partial charge on any atom is -0.493 e. The fraction of sp³-hybridized carbons (Fsp3) is 0.571. The lowest BCUT2D eigenvalue weighted by Gasteiger charge is -2.21. The fourth-order valence-electron chi connectivity index (χ4n) is 2.30. The van der Waals surface area contributed by atoms with Crippen molar-refractivity contribution >= 4 is 26.7 Å². The molecule has 1 fully saturated rings. The molecule has 1 aromatic rings. The largest absolute Gasteiger partial charge is 0.493 e. The van der Waals surface area contributed by atoms with Crippen LogP contribution in [0.4, 0.5) is 0 Å². The number of ether oxygens (including phenoxy) is 1. The van der Waals surface area contributed by atoms with Crippen molar-refractivity contribution in [3.8, 4) is 5.75 Å². The summed E-state index contributed by atoms with van der Waals surface area (Å²) in [6, 6.07) is 4.10. The molecule has 0 aliphatic carbocycles. The topological polar surface area (TPSA) is 26.3 Å². The van der Waals surface area contributed by atoms with Gasteiger partial charge >= 0.3 is 0 Å². The van der Waals surface area contributed by atoms with Crippen molar-refractivity contribution in [2.24, 2.45) is 5.92 Å². The van der Waals surface area contributed by atoms with E-state index in [4.69, 9.17) is 4.74 Å². The Kier molecular flexibility index (Phi) is 4.84. The second kappa shape index (κ2) is 6.20. The first-order chi connectivity index (χ1) is 8.56. The highest BCUT2D eigenvalue weighted by atomic mass is 79.9. The van der Waals surface area contributed by atoms with Crippen LogP contribution in [0.25, 0.3) is 0 Å². The molecule has 1 saturated heterocycles. The molecule has 0 N–H and O–H groups in total. The molecule has 18 heavy (non-hydrogen) atoms. The van der Waals surface area contributed by atoms with Gasteiger partial charge in [-0.15, -0.1) is 0 Å². The fourth-order valence-corrected chi connectivity index (χ4v) is 3.97. The van der Waals surface area contributed by atoms with Crippen LogP contribution in [-0.4, -0.2) is 22.3 Å². The summed E-state index contributed by atoms with van der Waals surface area (Å²) in [6.45, 7) is 4.82. The Hall–Kier alpha value is -0.350. The quantitative estimate of drug-likeness (QED) is 0.846. The van der Waals surface area contributed by atoms with Crippen molar-refractivity contribution in [1.29, 1.82) is 0 Å². The van der Waals surface area contributed by atoms with E-state index in [1.165, 1.54) is 11.1 Å². The van der Waals surface area contributed by atoms with E-state index in [0.717, 1.165) is 34.6 Å². The van der Waals surface area contributed by atoms with Crippen molar-refractivity contribution in [2.45, 2.75) is 26.7 Å². The van der Waals surface area contributed by atoms with Crippen LogP contribution in [0, 0.1) is 19.8 Å². The molecule has 0 bridgehead atoms. The van der Waals surface area contributed by atoms with E-state index in [-0.39, 0.29) is 0 Å². The molecule has 0 spiro atoms. The van der Waals surface area contributed by atoms with Crippen LogP contribution >= 0.6 is 15.9 Å². The molecule has 1 aromatic carbocycles. The van der Waals surface area contributed by atoms with Gasteiger partial charge < -0.3 is 4.74 Å². The normalized spacial score (nSPS) is 23.9. The molecule has 2 atom stereocenters. The summed E-state index contributed by atoms with van der Waals surface area (Å²) in [6.07, 6.45) is 2.21. The highest BCUT2D eigenvalue weighted by Gasteiger charge is 2.19. The molecule has 0 saturated carbocycles. The van der Waals surface area contributed by atoms with Crippen molar-refractivity contribution in [3.63, 3.8) is 0 Å². The smallest absolute Gasteiger partial charge is 0.119 e. The molecule has 2 unspecified atom stereocenters. The Morgan fingerprint density at radius 2 is 2.06 bits per heavy atom. The van der Waals surface area contributed by atoms with Gasteiger partial charge in [0.05, 0.1) is 6.61 Å². The molecule has 1 aliphatic rings. The lowest BCUT2D eigenvalue weighted by Crippen LogP contribution is -2.25. The van der Waals surface area contributed by atoms with E-state index in [1.807, 2.05) is 0 Å². The molecular weight excluding hydrogens is 312 g/mol. The zero-order valence-corrected chi connectivity index (χ0v) is 13.3. The summed E-state index contributed by atoms with van der Waals surface area (Å²) < 4.78 is 18.5. The van der Waals surface area contributed by atoms with Gasteiger partial charge in [-0.25, -0.2) is 0 Å². The van der Waals surface area contributed by atoms with Gasteiger partial charge in [0.2, 0.25) is 0 Å². The Balaban J connectivity index is 1.95. The van der Waals surface area contributed by atoms with Crippen LogP contribution in [0.3, 0.4) is 0 Å². The minimum atomic E-state index is -0.628. The monoisotopic (exact) mass is 330 g/mol. The molecule has 100 valence electrons. The van der Waals surface area contributed by atoms with E-state index in [1.54, 1.807) is 0 Å². The van der Waals surface area contributed by atoms with Crippen LogP contribution in [0.5, 0.6) is 5.75 Å². The predicted octanol–water partition coefficient (Wildman–Crippen LogP) is 3.60. The second-order valence-electron chi connectivity index (χ2n) is 5.00. The lowest BCUT2D eigenvalue weighted by atomic mass is 10.1. The zero-order valence-electron chi connectivity index (χ0n) is 10.9. The van der Waals surface area contributed by atoms with Gasteiger partial charge in [-0.1, -0.05) is 15.9 Å². The molecule has 2 rings (SSSR count). The summed E-state index contributed by atoms with van der Waals surface area (Å²) in [4.78, 5) is 0. The average Bonchev–Trinajstić information content (AvgIpc) is 2.33. The van der Waals surface area contributed by atoms with Gasteiger partial charge in [-0.05, 0) is 49.9 Å². The van der Waals surface area contributed by atoms with Crippen LogP contribution in [0.1, 0.15) is 24.0 Å². The summed E-state index contributed by atoms with van der Waals surface area (Å²) in [7, 11) is -0.628. The SMILES string of the molecule is Cc1cc(OCC2CCCS(=O)C2)cc(C)c1Br. The van der Waals surface area contributed by atoms with E-state index in [2.05, 4.69) is 41.9 Å². The van der Waals surface area contributed by atoms with Crippen molar-refractivity contribution in [2.75, 3.05) is 18.1 Å². The summed E-state index contributed by atoms with van der Waals surface area (Å²) >= 11 is 3.55. The molecule has 0 aromatic heterocycles. The molecule has 0 amide bonds. The number of halogens is 1. The number of aryl methyl sites for hydroxylation is 2. The van der Waals surface area contributed by atoms with E-state index < -0.39 is 10.8 Å². The Morgan fingerprint density at radius 3 is 2.67 bits per heavy atom. The summed E-state index contributed by atoms with van der Waals surface area (Å²) in [5, 5.41) is 0. The standard InChI is InChI=1S/C14H19BrO2S/c1-10-6-13(7-11(2)14(10)15)17-8-12-4-3-5-18(16)9-12/h6-7,12H,3-5,8-9H2,1-2H3. The zero-order chi connectivity index (χ0) is 13.1. The Labute approximate surface area is 120 Å². The maximum Gasteiger partial charge on any atom is 0.119 e. The van der Waals surface area contributed by atoms with Gasteiger partial charge in [0.1, 0.15) is 5.75 Å². The second-order valence-corrected chi connectivity index (χ2v) is 7.42. The van der Waals surface area contributed by atoms with Crippen LogP contribution in [0.2, 0.25) is 0 Å². The summed E-state index contributed by atoms with van der Waals surface area (Å²) in [5.41, 5.74) is 2.38. The van der Waals surface area contributed by atoms with Gasteiger partial charge in [0.15, 0.2) is 0 Å². The number of rotatable bonds is 3.